The molecule has 1 atom stereocenters. The van der Waals surface area contributed by atoms with Gasteiger partial charge in [-0.25, -0.2) is 14.8 Å². The number of nitrogens with zero attached hydrogens (tertiary/aromatic N) is 5. The molecule has 0 bridgehead atoms. The minimum Gasteiger partial charge on any atom is -0.455 e. The van der Waals surface area contributed by atoms with Crippen LogP contribution in [0.3, 0.4) is 0 Å². The zero-order valence-corrected chi connectivity index (χ0v) is 27.6. The molecule has 7 heteroatoms. The SMILES string of the molecule is CCC[C@H](C=Cc1cccc(C(=CCN2CCCC2)c2ccc(C)cc2)n1)OC(=O)c1ccc(Cn2c(C)nc3cnccc32)cc1. The largest absolute Gasteiger partial charge is 0.455 e. The summed E-state index contributed by atoms with van der Waals surface area (Å²) < 4.78 is 8.14. The Hall–Kier alpha value is -4.88. The van der Waals surface area contributed by atoms with Crippen LogP contribution in [0.4, 0.5) is 0 Å². The van der Waals surface area contributed by atoms with Crippen molar-refractivity contribution in [3.8, 4) is 0 Å². The van der Waals surface area contributed by atoms with E-state index >= 15 is 0 Å². The topological polar surface area (TPSA) is 73.1 Å². The summed E-state index contributed by atoms with van der Waals surface area (Å²) >= 11 is 0. The number of carbonyl (C=O) groups is 1. The van der Waals surface area contributed by atoms with Gasteiger partial charge in [0.05, 0.1) is 28.7 Å². The number of pyridine rings is 2. The van der Waals surface area contributed by atoms with E-state index in [0.717, 1.165) is 77.4 Å². The second-order valence-electron chi connectivity index (χ2n) is 12.3. The van der Waals surface area contributed by atoms with E-state index in [2.05, 4.69) is 69.7 Å². The molecule has 1 aliphatic heterocycles. The van der Waals surface area contributed by atoms with Crippen LogP contribution in [0.5, 0.6) is 0 Å². The average Bonchev–Trinajstić information content (AvgIpc) is 3.72. The summed E-state index contributed by atoms with van der Waals surface area (Å²) in [5, 5.41) is 0. The van der Waals surface area contributed by atoms with Crippen molar-refractivity contribution >= 4 is 28.7 Å². The van der Waals surface area contributed by atoms with Crippen LogP contribution in [0.1, 0.15) is 76.9 Å². The van der Waals surface area contributed by atoms with E-state index in [1.807, 2.05) is 61.5 Å². The van der Waals surface area contributed by atoms with Gasteiger partial charge in [0.15, 0.2) is 0 Å². The molecule has 0 aliphatic carbocycles. The molecule has 0 amide bonds. The van der Waals surface area contributed by atoms with Crippen molar-refractivity contribution in [1.29, 1.82) is 0 Å². The molecular formula is C40H43N5O2. The second-order valence-corrected chi connectivity index (χ2v) is 12.3. The number of esters is 1. The van der Waals surface area contributed by atoms with Gasteiger partial charge in [-0.05, 0) is 99.8 Å². The summed E-state index contributed by atoms with van der Waals surface area (Å²) in [7, 11) is 0. The Balaban J connectivity index is 1.14. The first-order valence-electron chi connectivity index (χ1n) is 16.7. The zero-order chi connectivity index (χ0) is 32.6. The Kier molecular flexibility index (Phi) is 10.3. The van der Waals surface area contributed by atoms with Crippen molar-refractivity contribution < 1.29 is 9.53 Å². The third-order valence-electron chi connectivity index (χ3n) is 8.75. The minimum atomic E-state index is -0.353. The third-order valence-corrected chi connectivity index (χ3v) is 8.75. The first-order chi connectivity index (χ1) is 23.0. The van der Waals surface area contributed by atoms with Crippen molar-refractivity contribution in [3.05, 3.63) is 137 Å². The normalized spacial score (nSPS) is 14.7. The van der Waals surface area contributed by atoms with E-state index in [-0.39, 0.29) is 12.1 Å². The van der Waals surface area contributed by atoms with Crippen LogP contribution >= 0.6 is 0 Å². The molecule has 3 aromatic heterocycles. The molecule has 47 heavy (non-hydrogen) atoms. The highest BCUT2D eigenvalue weighted by Gasteiger charge is 2.15. The summed E-state index contributed by atoms with van der Waals surface area (Å²) in [6.07, 6.45) is 13.6. The van der Waals surface area contributed by atoms with Crippen LogP contribution in [0.15, 0.2) is 97.3 Å². The quantitative estimate of drug-likeness (QED) is 0.131. The van der Waals surface area contributed by atoms with E-state index in [4.69, 9.17) is 9.72 Å². The fourth-order valence-corrected chi connectivity index (χ4v) is 6.10. The van der Waals surface area contributed by atoms with Gasteiger partial charge in [-0.1, -0.05) is 67.4 Å². The van der Waals surface area contributed by atoms with Gasteiger partial charge in [-0.15, -0.1) is 0 Å². The number of imidazole rings is 1. The third kappa shape index (κ3) is 8.10. The maximum Gasteiger partial charge on any atom is 0.338 e. The molecule has 6 rings (SSSR count). The first kappa shape index (κ1) is 32.1. The summed E-state index contributed by atoms with van der Waals surface area (Å²) in [5.41, 5.74) is 8.85. The molecule has 0 unspecified atom stereocenters. The van der Waals surface area contributed by atoms with Gasteiger partial charge in [0, 0.05) is 24.9 Å². The lowest BCUT2D eigenvalue weighted by Gasteiger charge is -2.15. The predicted octanol–water partition coefficient (Wildman–Crippen LogP) is 8.06. The number of benzene rings is 2. The molecule has 5 aromatic rings. The number of likely N-dealkylation sites (tertiary alicyclic amines) is 1. The average molecular weight is 626 g/mol. The summed E-state index contributed by atoms with van der Waals surface area (Å²) in [6.45, 7) is 10.1. The van der Waals surface area contributed by atoms with Gasteiger partial charge in [-0.3, -0.25) is 9.88 Å². The predicted molar refractivity (Wildman–Crippen MR) is 189 cm³/mol. The molecule has 0 radical (unpaired) electrons. The van der Waals surface area contributed by atoms with Gasteiger partial charge >= 0.3 is 5.97 Å². The number of rotatable bonds is 12. The molecule has 0 N–H and O–H groups in total. The van der Waals surface area contributed by atoms with Crippen LogP contribution in [-0.4, -0.2) is 56.1 Å². The van der Waals surface area contributed by atoms with E-state index in [1.165, 1.54) is 18.4 Å². The standard InChI is InChI=1S/C40H43N5O2/c1-4-8-35(47-40(46)33-17-13-31(14-18-33)28-45-30(3)42-38-27-41-23-21-39(38)45)20-19-34-9-7-10-37(43-34)36(22-26-44-24-5-6-25-44)32-15-11-29(2)12-16-32/h7,9-23,27,35H,4-6,8,24-26,28H2,1-3H3/t35-/m1/s1. The van der Waals surface area contributed by atoms with Crippen LogP contribution in [0, 0.1) is 13.8 Å². The van der Waals surface area contributed by atoms with Gasteiger partial charge in [0.25, 0.3) is 0 Å². The van der Waals surface area contributed by atoms with Crippen LogP contribution < -0.4 is 0 Å². The number of hydrogen-bond donors (Lipinski definition) is 0. The molecule has 1 aliphatic rings. The van der Waals surface area contributed by atoms with Crippen molar-refractivity contribution in [2.24, 2.45) is 0 Å². The summed E-state index contributed by atoms with van der Waals surface area (Å²) in [5.74, 6) is 0.596. The van der Waals surface area contributed by atoms with E-state index in [1.54, 1.807) is 12.4 Å². The lowest BCUT2D eigenvalue weighted by molar-refractivity contribution is 0.0381. The van der Waals surface area contributed by atoms with Crippen LogP contribution in [-0.2, 0) is 11.3 Å². The van der Waals surface area contributed by atoms with Crippen LogP contribution in [0.2, 0.25) is 0 Å². The van der Waals surface area contributed by atoms with Gasteiger partial charge in [-0.2, -0.15) is 0 Å². The Bertz CT molecular complexity index is 1870. The Morgan fingerprint density at radius 1 is 0.936 bits per heavy atom. The molecule has 0 saturated carbocycles. The molecule has 4 heterocycles. The molecular weight excluding hydrogens is 582 g/mol. The van der Waals surface area contributed by atoms with Crippen molar-refractivity contribution in [3.63, 3.8) is 0 Å². The Labute approximate surface area is 277 Å². The number of aryl methyl sites for hydroxylation is 2. The number of carbonyl (C=O) groups excluding carboxylic acids is 1. The number of hydrogen-bond acceptors (Lipinski definition) is 6. The fraction of sp³-hybridized carbons (Fsp3) is 0.300. The number of aromatic nitrogens is 4. The molecule has 1 saturated heterocycles. The van der Waals surface area contributed by atoms with E-state index in [9.17, 15) is 4.79 Å². The van der Waals surface area contributed by atoms with Crippen LogP contribution in [0.25, 0.3) is 22.7 Å². The minimum absolute atomic E-state index is 0.330. The maximum atomic E-state index is 13.2. The molecule has 1 fully saturated rings. The van der Waals surface area contributed by atoms with Gasteiger partial charge in [0.2, 0.25) is 0 Å². The highest BCUT2D eigenvalue weighted by Crippen LogP contribution is 2.24. The van der Waals surface area contributed by atoms with E-state index in [0.29, 0.717) is 12.1 Å². The monoisotopic (exact) mass is 625 g/mol. The number of fused-ring (bicyclic) bond motifs is 1. The first-order valence-corrected chi connectivity index (χ1v) is 16.7. The Morgan fingerprint density at radius 3 is 2.47 bits per heavy atom. The molecule has 240 valence electrons. The van der Waals surface area contributed by atoms with Gasteiger partial charge in [0.1, 0.15) is 17.4 Å². The van der Waals surface area contributed by atoms with Crippen molar-refractivity contribution in [2.45, 2.75) is 59.1 Å². The Morgan fingerprint density at radius 2 is 1.70 bits per heavy atom. The second kappa shape index (κ2) is 15.1. The zero-order valence-electron chi connectivity index (χ0n) is 27.6. The summed E-state index contributed by atoms with van der Waals surface area (Å²) in [4.78, 5) is 29.5. The smallest absolute Gasteiger partial charge is 0.338 e. The molecule has 0 spiro atoms. The maximum absolute atomic E-state index is 13.2. The highest BCUT2D eigenvalue weighted by molar-refractivity contribution is 5.89. The highest BCUT2D eigenvalue weighted by atomic mass is 16.5. The molecule has 2 aromatic carbocycles. The van der Waals surface area contributed by atoms with E-state index < -0.39 is 0 Å². The lowest BCUT2D eigenvalue weighted by atomic mass is 10.00. The lowest BCUT2D eigenvalue weighted by Crippen LogP contribution is -2.19. The van der Waals surface area contributed by atoms with Gasteiger partial charge < -0.3 is 9.30 Å². The fourth-order valence-electron chi connectivity index (χ4n) is 6.10. The molecule has 7 nitrogen and oxygen atoms in total. The van der Waals surface area contributed by atoms with Crippen molar-refractivity contribution in [2.75, 3.05) is 19.6 Å². The van der Waals surface area contributed by atoms with Crippen molar-refractivity contribution in [1.82, 2.24) is 24.4 Å². The number of ether oxygens (including phenoxy) is 1. The summed E-state index contributed by atoms with van der Waals surface area (Å²) in [6, 6.07) is 24.4.